The molecular weight excluding hydrogens is 407 g/mol. The summed E-state index contributed by atoms with van der Waals surface area (Å²) in [5, 5.41) is 3.51. The van der Waals surface area contributed by atoms with E-state index in [9.17, 15) is 9.00 Å². The van der Waals surface area contributed by atoms with Gasteiger partial charge in [0.1, 0.15) is 10.8 Å². The quantitative estimate of drug-likeness (QED) is 0.617. The Bertz CT molecular complexity index is 993. The van der Waals surface area contributed by atoms with Crippen molar-refractivity contribution in [2.24, 2.45) is 0 Å². The molecule has 0 fully saturated rings. The van der Waals surface area contributed by atoms with Gasteiger partial charge in [-0.05, 0) is 54.6 Å². The Hall–Kier alpha value is -2.41. The molecule has 0 saturated heterocycles. The van der Waals surface area contributed by atoms with Crippen molar-refractivity contribution in [2.75, 3.05) is 11.6 Å². The second-order valence-electron chi connectivity index (χ2n) is 5.50. The molecule has 1 heterocycles. The SMILES string of the molecule is CS(=O)c1ccc(C(=O)Nc2ccc(Oc3ncc(Cl)cc3Cl)cc2)cc1. The van der Waals surface area contributed by atoms with Gasteiger partial charge in [-0.3, -0.25) is 9.00 Å². The minimum absolute atomic E-state index is 0.242. The van der Waals surface area contributed by atoms with E-state index < -0.39 is 10.8 Å². The number of hydrogen-bond acceptors (Lipinski definition) is 4. The highest BCUT2D eigenvalue weighted by molar-refractivity contribution is 7.84. The van der Waals surface area contributed by atoms with E-state index in [1.54, 1.807) is 60.9 Å². The van der Waals surface area contributed by atoms with E-state index in [-0.39, 0.29) is 11.8 Å². The van der Waals surface area contributed by atoms with Crippen LogP contribution < -0.4 is 10.1 Å². The largest absolute Gasteiger partial charge is 0.438 e. The number of anilines is 1. The van der Waals surface area contributed by atoms with Crippen molar-refractivity contribution in [2.45, 2.75) is 4.90 Å². The molecule has 0 aliphatic heterocycles. The molecule has 3 rings (SSSR count). The van der Waals surface area contributed by atoms with Gasteiger partial charge in [0, 0.05) is 39.4 Å². The highest BCUT2D eigenvalue weighted by Gasteiger charge is 2.09. The summed E-state index contributed by atoms with van der Waals surface area (Å²) in [6, 6.07) is 14.9. The lowest BCUT2D eigenvalue weighted by atomic mass is 10.2. The van der Waals surface area contributed by atoms with Gasteiger partial charge in [-0.2, -0.15) is 0 Å². The highest BCUT2D eigenvalue weighted by atomic mass is 35.5. The molecule has 0 bridgehead atoms. The third kappa shape index (κ3) is 5.07. The number of nitrogens with zero attached hydrogens (tertiary/aromatic N) is 1. The Labute approximate surface area is 168 Å². The molecule has 1 N–H and O–H groups in total. The van der Waals surface area contributed by atoms with Crippen LogP contribution in [0, 0.1) is 0 Å². The van der Waals surface area contributed by atoms with Crippen molar-refractivity contribution in [1.29, 1.82) is 0 Å². The van der Waals surface area contributed by atoms with Gasteiger partial charge in [0.25, 0.3) is 5.91 Å². The first-order valence-corrected chi connectivity index (χ1v) is 10.1. The summed E-state index contributed by atoms with van der Waals surface area (Å²) >= 11 is 11.8. The van der Waals surface area contributed by atoms with E-state index in [0.29, 0.717) is 31.9 Å². The van der Waals surface area contributed by atoms with Gasteiger partial charge < -0.3 is 10.1 Å². The number of halogens is 2. The van der Waals surface area contributed by atoms with E-state index in [1.165, 1.54) is 6.20 Å². The van der Waals surface area contributed by atoms with Crippen LogP contribution in [-0.4, -0.2) is 21.4 Å². The van der Waals surface area contributed by atoms with Crippen molar-refractivity contribution in [1.82, 2.24) is 4.98 Å². The molecule has 3 aromatic rings. The smallest absolute Gasteiger partial charge is 0.255 e. The Balaban J connectivity index is 1.66. The zero-order chi connectivity index (χ0) is 19.4. The average molecular weight is 421 g/mol. The number of hydrogen-bond donors (Lipinski definition) is 1. The standard InChI is InChI=1S/C19H14Cl2N2O3S/c1-27(25)16-8-2-12(3-9-16)18(24)23-14-4-6-15(7-5-14)26-19-17(21)10-13(20)11-22-19/h2-11H,1H3,(H,23,24). The van der Waals surface area contributed by atoms with Gasteiger partial charge in [0.2, 0.25) is 5.88 Å². The van der Waals surface area contributed by atoms with Crippen molar-refractivity contribution in [3.05, 3.63) is 76.4 Å². The molecule has 0 radical (unpaired) electrons. The van der Waals surface area contributed by atoms with Crippen molar-refractivity contribution < 1.29 is 13.7 Å². The topological polar surface area (TPSA) is 68.3 Å². The lowest BCUT2D eigenvalue weighted by Gasteiger charge is -2.09. The van der Waals surface area contributed by atoms with Gasteiger partial charge in [0.05, 0.1) is 5.02 Å². The number of carbonyl (C=O) groups is 1. The maximum atomic E-state index is 12.3. The van der Waals surface area contributed by atoms with Crippen molar-refractivity contribution in [3.63, 3.8) is 0 Å². The highest BCUT2D eigenvalue weighted by Crippen LogP contribution is 2.29. The summed E-state index contributed by atoms with van der Waals surface area (Å²) in [5.74, 6) is 0.491. The second kappa shape index (κ2) is 8.52. The minimum atomic E-state index is -1.08. The van der Waals surface area contributed by atoms with Crippen LogP contribution in [0.5, 0.6) is 11.6 Å². The molecule has 138 valence electrons. The molecule has 0 saturated carbocycles. The summed E-state index contributed by atoms with van der Waals surface area (Å²) in [5.41, 5.74) is 1.08. The molecule has 1 unspecified atom stereocenters. The predicted octanol–water partition coefficient (Wildman–Crippen LogP) is 5.17. The summed E-state index contributed by atoms with van der Waals surface area (Å²) < 4.78 is 17.0. The van der Waals surface area contributed by atoms with Gasteiger partial charge in [-0.25, -0.2) is 4.98 Å². The fourth-order valence-corrected chi connectivity index (χ4v) is 3.13. The fraction of sp³-hybridized carbons (Fsp3) is 0.0526. The van der Waals surface area contributed by atoms with E-state index in [2.05, 4.69) is 10.3 Å². The Kier molecular flexibility index (Phi) is 6.11. The maximum Gasteiger partial charge on any atom is 0.255 e. The number of aromatic nitrogens is 1. The third-order valence-corrected chi connectivity index (χ3v) is 4.96. The predicted molar refractivity (Wildman–Crippen MR) is 108 cm³/mol. The fourth-order valence-electron chi connectivity index (χ4n) is 2.20. The summed E-state index contributed by atoms with van der Waals surface area (Å²) in [7, 11) is -1.08. The molecule has 0 aliphatic rings. The van der Waals surface area contributed by atoms with Crippen LogP contribution in [0.3, 0.4) is 0 Å². The van der Waals surface area contributed by atoms with Crippen LogP contribution in [-0.2, 0) is 10.8 Å². The van der Waals surface area contributed by atoms with E-state index in [4.69, 9.17) is 27.9 Å². The van der Waals surface area contributed by atoms with Crippen LogP contribution in [0.2, 0.25) is 10.0 Å². The van der Waals surface area contributed by atoms with Gasteiger partial charge in [0.15, 0.2) is 0 Å². The Morgan fingerprint density at radius 2 is 1.74 bits per heavy atom. The normalized spacial score (nSPS) is 11.7. The molecule has 8 heteroatoms. The van der Waals surface area contributed by atoms with E-state index in [0.717, 1.165) is 0 Å². The summed E-state index contributed by atoms with van der Waals surface area (Å²) in [6.45, 7) is 0. The lowest BCUT2D eigenvalue weighted by molar-refractivity contribution is 0.102. The first-order chi connectivity index (χ1) is 12.9. The molecule has 2 aromatic carbocycles. The van der Waals surface area contributed by atoms with E-state index >= 15 is 0 Å². The zero-order valence-corrected chi connectivity index (χ0v) is 16.4. The summed E-state index contributed by atoms with van der Waals surface area (Å²) in [6.07, 6.45) is 3.03. The third-order valence-electron chi connectivity index (χ3n) is 3.55. The lowest BCUT2D eigenvalue weighted by Crippen LogP contribution is -2.11. The first-order valence-electron chi connectivity index (χ1n) is 7.76. The van der Waals surface area contributed by atoms with Gasteiger partial charge >= 0.3 is 0 Å². The van der Waals surface area contributed by atoms with Crippen LogP contribution >= 0.6 is 23.2 Å². The second-order valence-corrected chi connectivity index (χ2v) is 7.72. The van der Waals surface area contributed by atoms with Gasteiger partial charge in [-0.15, -0.1) is 0 Å². The average Bonchev–Trinajstić information content (AvgIpc) is 2.65. The molecule has 0 spiro atoms. The van der Waals surface area contributed by atoms with Crippen molar-refractivity contribution >= 4 is 45.6 Å². The van der Waals surface area contributed by atoms with Crippen LogP contribution in [0.25, 0.3) is 0 Å². The van der Waals surface area contributed by atoms with Crippen LogP contribution in [0.1, 0.15) is 10.4 Å². The number of amides is 1. The van der Waals surface area contributed by atoms with Crippen LogP contribution in [0.15, 0.2) is 65.7 Å². The van der Waals surface area contributed by atoms with Crippen molar-refractivity contribution in [3.8, 4) is 11.6 Å². The molecular formula is C19H14Cl2N2O3S. The molecule has 1 amide bonds. The summed E-state index contributed by atoms with van der Waals surface area (Å²) in [4.78, 5) is 17.0. The molecule has 0 aliphatic carbocycles. The number of ether oxygens (including phenoxy) is 1. The van der Waals surface area contributed by atoms with Gasteiger partial charge in [-0.1, -0.05) is 23.2 Å². The number of nitrogens with one attached hydrogen (secondary N) is 1. The Morgan fingerprint density at radius 3 is 2.33 bits per heavy atom. The molecule has 5 nitrogen and oxygen atoms in total. The molecule has 1 aromatic heterocycles. The minimum Gasteiger partial charge on any atom is -0.438 e. The monoisotopic (exact) mass is 420 g/mol. The maximum absolute atomic E-state index is 12.3. The molecule has 27 heavy (non-hydrogen) atoms. The number of pyridine rings is 1. The number of benzene rings is 2. The first kappa shape index (κ1) is 19.4. The number of carbonyl (C=O) groups excluding carboxylic acids is 1. The Morgan fingerprint density at radius 1 is 1.07 bits per heavy atom. The molecule has 1 atom stereocenters. The number of rotatable bonds is 5. The zero-order valence-electron chi connectivity index (χ0n) is 14.1. The van der Waals surface area contributed by atoms with Crippen LogP contribution in [0.4, 0.5) is 5.69 Å². The van der Waals surface area contributed by atoms with E-state index in [1.807, 2.05) is 0 Å².